The first-order valence-electron chi connectivity index (χ1n) is 5.35. The highest BCUT2D eigenvalue weighted by molar-refractivity contribution is 5.40. The number of benzene rings is 1. The van der Waals surface area contributed by atoms with Crippen LogP contribution in [-0.4, -0.2) is 6.61 Å². The molecule has 0 N–H and O–H groups in total. The molecule has 0 radical (unpaired) electrons. The van der Waals surface area contributed by atoms with Gasteiger partial charge in [0.25, 0.3) is 0 Å². The minimum Gasteiger partial charge on any atom is -0.494 e. The monoisotopic (exact) mass is 192 g/mol. The zero-order valence-electron chi connectivity index (χ0n) is 9.68. The number of hydrogen-bond donors (Lipinski definition) is 0. The second-order valence-corrected chi connectivity index (χ2v) is 3.88. The lowest BCUT2D eigenvalue weighted by Gasteiger charge is -2.10. The summed E-state index contributed by atoms with van der Waals surface area (Å²) in [7, 11) is 0. The Balaban J connectivity index is 2.69. The van der Waals surface area contributed by atoms with Gasteiger partial charge in [-0.15, -0.1) is 0 Å². The first-order chi connectivity index (χ1) is 6.65. The number of unbranched alkanes of at least 4 members (excludes halogenated alkanes) is 1. The van der Waals surface area contributed by atoms with Crippen LogP contribution in [-0.2, 0) is 0 Å². The summed E-state index contributed by atoms with van der Waals surface area (Å²) >= 11 is 0. The zero-order valence-corrected chi connectivity index (χ0v) is 9.68. The Hall–Kier alpha value is -0.980. The topological polar surface area (TPSA) is 9.23 Å². The Bertz CT molecular complexity index is 279. The van der Waals surface area contributed by atoms with Crippen LogP contribution in [0.3, 0.4) is 0 Å². The fourth-order valence-corrected chi connectivity index (χ4v) is 1.41. The van der Waals surface area contributed by atoms with Crippen molar-refractivity contribution < 1.29 is 4.74 Å². The maximum absolute atomic E-state index is 5.66. The smallest absolute Gasteiger partial charge is 0.119 e. The third kappa shape index (κ3) is 2.76. The molecule has 0 unspecified atom stereocenters. The third-order valence-electron chi connectivity index (χ3n) is 2.67. The van der Waals surface area contributed by atoms with E-state index in [-0.39, 0.29) is 0 Å². The summed E-state index contributed by atoms with van der Waals surface area (Å²) < 4.78 is 5.66. The van der Waals surface area contributed by atoms with E-state index < -0.39 is 0 Å². The lowest BCUT2D eigenvalue weighted by atomic mass is 10.0. The van der Waals surface area contributed by atoms with Gasteiger partial charge in [-0.3, -0.25) is 0 Å². The molecule has 0 fully saturated rings. The van der Waals surface area contributed by atoms with Crippen molar-refractivity contribution >= 4 is 0 Å². The highest BCUT2D eigenvalue weighted by atomic mass is 16.5. The minimum absolute atomic E-state index is 0.832. The molecule has 0 bridgehead atoms. The van der Waals surface area contributed by atoms with E-state index in [1.807, 2.05) is 0 Å². The van der Waals surface area contributed by atoms with Crippen LogP contribution < -0.4 is 4.74 Å². The molecule has 1 rings (SSSR count). The Morgan fingerprint density at radius 1 is 1.07 bits per heavy atom. The molecule has 0 aliphatic rings. The first-order valence-corrected chi connectivity index (χ1v) is 5.35. The Morgan fingerprint density at radius 2 is 1.64 bits per heavy atom. The molecule has 0 aromatic heterocycles. The van der Waals surface area contributed by atoms with Gasteiger partial charge in [-0.25, -0.2) is 0 Å². The summed E-state index contributed by atoms with van der Waals surface area (Å²) in [6.45, 7) is 9.43. The number of hydrogen-bond acceptors (Lipinski definition) is 1. The summed E-state index contributed by atoms with van der Waals surface area (Å²) in [4.78, 5) is 0. The Labute approximate surface area is 87.1 Å². The molecule has 0 aliphatic carbocycles. The summed E-state index contributed by atoms with van der Waals surface area (Å²) in [5, 5.41) is 0. The van der Waals surface area contributed by atoms with Crippen LogP contribution in [0.2, 0.25) is 0 Å². The van der Waals surface area contributed by atoms with Crippen molar-refractivity contribution in [2.75, 3.05) is 6.61 Å². The normalized spacial score (nSPS) is 10.3. The second kappa shape index (κ2) is 5.04. The van der Waals surface area contributed by atoms with Crippen LogP contribution in [0.4, 0.5) is 0 Å². The van der Waals surface area contributed by atoms with Gasteiger partial charge >= 0.3 is 0 Å². The van der Waals surface area contributed by atoms with Crippen LogP contribution in [0.5, 0.6) is 5.75 Å². The van der Waals surface area contributed by atoms with Crippen LogP contribution >= 0.6 is 0 Å². The lowest BCUT2D eigenvalue weighted by Crippen LogP contribution is -1.98. The average Bonchev–Trinajstić information content (AvgIpc) is 2.14. The van der Waals surface area contributed by atoms with Crippen LogP contribution in [0.25, 0.3) is 0 Å². The number of aryl methyl sites for hydroxylation is 2. The van der Waals surface area contributed by atoms with E-state index in [2.05, 4.69) is 39.8 Å². The van der Waals surface area contributed by atoms with Gasteiger partial charge in [0.15, 0.2) is 0 Å². The van der Waals surface area contributed by atoms with Crippen molar-refractivity contribution in [2.24, 2.45) is 0 Å². The number of ether oxygens (including phenoxy) is 1. The SMILES string of the molecule is CCCCOc1cc(C)c(C)c(C)c1. The van der Waals surface area contributed by atoms with Gasteiger partial charge in [-0.2, -0.15) is 0 Å². The molecule has 0 atom stereocenters. The highest BCUT2D eigenvalue weighted by Gasteiger charge is 2.01. The van der Waals surface area contributed by atoms with E-state index in [0.29, 0.717) is 0 Å². The van der Waals surface area contributed by atoms with Gasteiger partial charge in [0.2, 0.25) is 0 Å². The lowest BCUT2D eigenvalue weighted by molar-refractivity contribution is 0.309. The largest absolute Gasteiger partial charge is 0.494 e. The molecule has 1 aromatic carbocycles. The van der Waals surface area contributed by atoms with Crippen LogP contribution in [0.1, 0.15) is 36.5 Å². The molecule has 0 amide bonds. The van der Waals surface area contributed by atoms with Gasteiger partial charge in [-0.1, -0.05) is 13.3 Å². The molecule has 0 heterocycles. The summed E-state index contributed by atoms with van der Waals surface area (Å²) in [6, 6.07) is 4.25. The van der Waals surface area contributed by atoms with Crippen LogP contribution in [0.15, 0.2) is 12.1 Å². The van der Waals surface area contributed by atoms with Crippen molar-refractivity contribution in [1.29, 1.82) is 0 Å². The van der Waals surface area contributed by atoms with E-state index in [1.165, 1.54) is 23.1 Å². The summed E-state index contributed by atoms with van der Waals surface area (Å²) in [5.41, 5.74) is 4.00. The molecule has 14 heavy (non-hydrogen) atoms. The van der Waals surface area contributed by atoms with E-state index in [4.69, 9.17) is 4.74 Å². The van der Waals surface area contributed by atoms with E-state index in [9.17, 15) is 0 Å². The zero-order chi connectivity index (χ0) is 10.6. The fraction of sp³-hybridized carbons (Fsp3) is 0.538. The molecule has 0 aliphatic heterocycles. The van der Waals surface area contributed by atoms with Crippen molar-refractivity contribution in [3.63, 3.8) is 0 Å². The van der Waals surface area contributed by atoms with Gasteiger partial charge in [0.05, 0.1) is 6.61 Å². The maximum atomic E-state index is 5.66. The fourth-order valence-electron chi connectivity index (χ4n) is 1.41. The predicted octanol–water partition coefficient (Wildman–Crippen LogP) is 3.79. The third-order valence-corrected chi connectivity index (χ3v) is 2.67. The van der Waals surface area contributed by atoms with Crippen molar-refractivity contribution in [3.8, 4) is 5.75 Å². The summed E-state index contributed by atoms with van der Waals surface area (Å²) in [5.74, 6) is 1.01. The highest BCUT2D eigenvalue weighted by Crippen LogP contribution is 2.20. The van der Waals surface area contributed by atoms with E-state index in [1.54, 1.807) is 0 Å². The quantitative estimate of drug-likeness (QED) is 0.659. The van der Waals surface area contributed by atoms with Crippen molar-refractivity contribution in [1.82, 2.24) is 0 Å². The molecule has 78 valence electrons. The first kappa shape index (κ1) is 11.1. The Morgan fingerprint density at radius 3 is 2.14 bits per heavy atom. The second-order valence-electron chi connectivity index (χ2n) is 3.88. The molecule has 1 aromatic rings. The van der Waals surface area contributed by atoms with Crippen molar-refractivity contribution in [3.05, 3.63) is 28.8 Å². The van der Waals surface area contributed by atoms with Crippen LogP contribution in [0, 0.1) is 20.8 Å². The molecule has 1 heteroatoms. The Kier molecular flexibility index (Phi) is 3.99. The van der Waals surface area contributed by atoms with E-state index in [0.717, 1.165) is 18.8 Å². The average molecular weight is 192 g/mol. The maximum Gasteiger partial charge on any atom is 0.119 e. The van der Waals surface area contributed by atoms with Gasteiger partial charge in [-0.05, 0) is 56.0 Å². The molecular weight excluding hydrogens is 172 g/mol. The standard InChI is InChI=1S/C13H20O/c1-5-6-7-14-13-8-10(2)12(4)11(3)9-13/h8-9H,5-7H2,1-4H3. The molecular formula is C13H20O. The minimum atomic E-state index is 0.832. The molecule has 1 nitrogen and oxygen atoms in total. The number of rotatable bonds is 4. The van der Waals surface area contributed by atoms with Gasteiger partial charge < -0.3 is 4.74 Å². The predicted molar refractivity (Wildman–Crippen MR) is 61.1 cm³/mol. The molecule has 0 saturated heterocycles. The van der Waals surface area contributed by atoms with Gasteiger partial charge in [0, 0.05) is 0 Å². The van der Waals surface area contributed by atoms with E-state index >= 15 is 0 Å². The van der Waals surface area contributed by atoms with Crippen molar-refractivity contribution in [2.45, 2.75) is 40.5 Å². The molecule has 0 saturated carbocycles. The molecule has 0 spiro atoms. The van der Waals surface area contributed by atoms with Gasteiger partial charge in [0.1, 0.15) is 5.75 Å². The summed E-state index contributed by atoms with van der Waals surface area (Å²) in [6.07, 6.45) is 2.32.